The van der Waals surface area contributed by atoms with E-state index in [2.05, 4.69) is 13.8 Å². The van der Waals surface area contributed by atoms with Gasteiger partial charge < -0.3 is 9.47 Å². The number of carbonyl (C=O) groups excluding carboxylic acids is 1. The lowest BCUT2D eigenvalue weighted by Crippen LogP contribution is -2.01. The summed E-state index contributed by atoms with van der Waals surface area (Å²) in [7, 11) is 0. The second-order valence-electron chi connectivity index (χ2n) is 5.10. The van der Waals surface area contributed by atoms with Crippen LogP contribution < -0.4 is 4.74 Å². The molecule has 0 saturated heterocycles. The van der Waals surface area contributed by atoms with Gasteiger partial charge in [-0.25, -0.2) is 4.79 Å². The molecule has 0 aliphatic heterocycles. The first-order valence-corrected chi connectivity index (χ1v) is 7.19. The largest absolute Gasteiger partial charge is 0.494 e. The summed E-state index contributed by atoms with van der Waals surface area (Å²) < 4.78 is 10.6. The topological polar surface area (TPSA) is 35.5 Å². The summed E-state index contributed by atoms with van der Waals surface area (Å²) in [6.07, 6.45) is 5.08. The minimum Gasteiger partial charge on any atom is -0.494 e. The molecule has 20 heavy (non-hydrogen) atoms. The number of hydrogen-bond donors (Lipinski definition) is 0. The van der Waals surface area contributed by atoms with Gasteiger partial charge in [0.2, 0.25) is 0 Å². The number of carbonyl (C=O) groups is 1. The average molecular weight is 276 g/mol. The molecule has 0 bridgehead atoms. The van der Waals surface area contributed by atoms with Crippen LogP contribution in [0.1, 0.15) is 39.2 Å². The number of rotatable bonds is 8. The van der Waals surface area contributed by atoms with E-state index in [1.54, 1.807) is 6.08 Å². The van der Waals surface area contributed by atoms with Gasteiger partial charge >= 0.3 is 5.97 Å². The van der Waals surface area contributed by atoms with Gasteiger partial charge in [-0.1, -0.05) is 32.9 Å². The highest BCUT2D eigenvalue weighted by atomic mass is 16.5. The van der Waals surface area contributed by atoms with Crippen molar-refractivity contribution in [3.63, 3.8) is 0 Å². The standard InChI is InChI=1S/C17H24O3/c1-4-12-20-17(18)10-7-15-5-8-16(9-6-15)19-13-11-14(2)3/h5-10,14H,4,11-13H2,1-3H3/b10-7-. The fraction of sp³-hybridized carbons (Fsp3) is 0.471. The first kappa shape index (κ1) is 16.3. The molecule has 3 heteroatoms. The summed E-state index contributed by atoms with van der Waals surface area (Å²) in [6.45, 7) is 7.51. The number of benzene rings is 1. The van der Waals surface area contributed by atoms with E-state index in [1.807, 2.05) is 31.2 Å². The van der Waals surface area contributed by atoms with E-state index in [9.17, 15) is 4.79 Å². The highest BCUT2D eigenvalue weighted by Gasteiger charge is 1.98. The van der Waals surface area contributed by atoms with Crippen LogP contribution in [0.25, 0.3) is 6.08 Å². The monoisotopic (exact) mass is 276 g/mol. The zero-order valence-electron chi connectivity index (χ0n) is 12.6. The molecule has 0 radical (unpaired) electrons. The Kier molecular flexibility index (Phi) is 7.48. The molecule has 0 spiro atoms. The maximum atomic E-state index is 11.3. The van der Waals surface area contributed by atoms with Gasteiger partial charge in [0.15, 0.2) is 0 Å². The van der Waals surface area contributed by atoms with Gasteiger partial charge in [0, 0.05) is 6.08 Å². The highest BCUT2D eigenvalue weighted by molar-refractivity contribution is 5.87. The zero-order valence-corrected chi connectivity index (χ0v) is 12.6. The maximum absolute atomic E-state index is 11.3. The summed E-state index contributed by atoms with van der Waals surface area (Å²) in [6, 6.07) is 7.68. The summed E-state index contributed by atoms with van der Waals surface area (Å²) >= 11 is 0. The van der Waals surface area contributed by atoms with E-state index in [-0.39, 0.29) is 5.97 Å². The van der Waals surface area contributed by atoms with Crippen molar-refractivity contribution in [1.29, 1.82) is 0 Å². The molecule has 0 aliphatic carbocycles. The van der Waals surface area contributed by atoms with Gasteiger partial charge in [-0.05, 0) is 42.5 Å². The Labute approximate surface area is 121 Å². The molecule has 0 aliphatic rings. The van der Waals surface area contributed by atoms with Gasteiger partial charge in [0.05, 0.1) is 13.2 Å². The normalized spacial score (nSPS) is 11.0. The van der Waals surface area contributed by atoms with Gasteiger partial charge in [0.1, 0.15) is 5.75 Å². The van der Waals surface area contributed by atoms with Gasteiger partial charge in [-0.15, -0.1) is 0 Å². The van der Waals surface area contributed by atoms with Gasteiger partial charge in [-0.3, -0.25) is 0 Å². The summed E-state index contributed by atoms with van der Waals surface area (Å²) in [5, 5.41) is 0. The first-order chi connectivity index (χ1) is 9.61. The second-order valence-corrected chi connectivity index (χ2v) is 5.10. The molecule has 0 heterocycles. The molecule has 0 atom stereocenters. The zero-order chi connectivity index (χ0) is 14.8. The molecule has 0 amide bonds. The SMILES string of the molecule is CCCOC(=O)/C=C\c1ccc(OCCC(C)C)cc1. The van der Waals surface area contributed by atoms with E-state index in [0.717, 1.165) is 30.8 Å². The van der Waals surface area contributed by atoms with Crippen LogP contribution in [0.5, 0.6) is 5.75 Å². The van der Waals surface area contributed by atoms with Crippen LogP contribution in [0.2, 0.25) is 0 Å². The number of esters is 1. The number of ether oxygens (including phenoxy) is 2. The van der Waals surface area contributed by atoms with Gasteiger partial charge in [0.25, 0.3) is 0 Å². The lowest BCUT2D eigenvalue weighted by Gasteiger charge is -2.08. The molecule has 0 N–H and O–H groups in total. The average Bonchev–Trinajstić information content (AvgIpc) is 2.44. The van der Waals surface area contributed by atoms with Crippen molar-refractivity contribution in [3.05, 3.63) is 35.9 Å². The van der Waals surface area contributed by atoms with Crippen molar-refractivity contribution in [3.8, 4) is 5.75 Å². The van der Waals surface area contributed by atoms with Crippen LogP contribution in [0.3, 0.4) is 0 Å². The molecular formula is C17H24O3. The smallest absolute Gasteiger partial charge is 0.330 e. The molecule has 1 aromatic carbocycles. The van der Waals surface area contributed by atoms with Crippen LogP contribution in [-0.2, 0) is 9.53 Å². The Balaban J connectivity index is 2.41. The third-order valence-electron chi connectivity index (χ3n) is 2.70. The third kappa shape index (κ3) is 6.98. The second kappa shape index (κ2) is 9.18. The molecule has 0 aromatic heterocycles. The van der Waals surface area contributed by atoms with Crippen LogP contribution in [0.4, 0.5) is 0 Å². The predicted molar refractivity (Wildman–Crippen MR) is 81.7 cm³/mol. The Morgan fingerprint density at radius 2 is 1.90 bits per heavy atom. The van der Waals surface area contributed by atoms with Crippen molar-refractivity contribution >= 4 is 12.0 Å². The van der Waals surface area contributed by atoms with E-state index < -0.39 is 0 Å². The van der Waals surface area contributed by atoms with E-state index in [1.165, 1.54) is 6.08 Å². The molecule has 110 valence electrons. The molecule has 0 saturated carbocycles. The first-order valence-electron chi connectivity index (χ1n) is 7.19. The molecular weight excluding hydrogens is 252 g/mol. The predicted octanol–water partition coefficient (Wildman–Crippen LogP) is 4.08. The summed E-state index contributed by atoms with van der Waals surface area (Å²) in [4.78, 5) is 11.3. The summed E-state index contributed by atoms with van der Waals surface area (Å²) in [5.74, 6) is 1.20. The Hall–Kier alpha value is -1.77. The maximum Gasteiger partial charge on any atom is 0.330 e. The molecule has 1 aromatic rings. The van der Waals surface area contributed by atoms with Crippen LogP contribution in [-0.4, -0.2) is 19.2 Å². The summed E-state index contributed by atoms with van der Waals surface area (Å²) in [5.41, 5.74) is 0.953. The van der Waals surface area contributed by atoms with Gasteiger partial charge in [-0.2, -0.15) is 0 Å². The number of hydrogen-bond acceptors (Lipinski definition) is 3. The lowest BCUT2D eigenvalue weighted by molar-refractivity contribution is -0.137. The van der Waals surface area contributed by atoms with Crippen molar-refractivity contribution in [2.24, 2.45) is 5.92 Å². The Morgan fingerprint density at radius 3 is 2.50 bits per heavy atom. The Bertz CT molecular complexity index is 418. The minimum atomic E-state index is -0.302. The third-order valence-corrected chi connectivity index (χ3v) is 2.70. The van der Waals surface area contributed by atoms with E-state index >= 15 is 0 Å². The minimum absolute atomic E-state index is 0.302. The van der Waals surface area contributed by atoms with Crippen LogP contribution in [0.15, 0.2) is 30.3 Å². The molecule has 0 fully saturated rings. The molecule has 1 rings (SSSR count). The van der Waals surface area contributed by atoms with Crippen LogP contribution in [0, 0.1) is 5.92 Å². The van der Waals surface area contributed by atoms with Crippen molar-refractivity contribution in [2.75, 3.05) is 13.2 Å². The molecule has 0 unspecified atom stereocenters. The van der Waals surface area contributed by atoms with Crippen molar-refractivity contribution in [1.82, 2.24) is 0 Å². The fourth-order valence-corrected chi connectivity index (χ4v) is 1.50. The highest BCUT2D eigenvalue weighted by Crippen LogP contribution is 2.14. The van der Waals surface area contributed by atoms with Crippen molar-refractivity contribution < 1.29 is 14.3 Å². The Morgan fingerprint density at radius 1 is 1.20 bits per heavy atom. The molecule has 3 nitrogen and oxygen atoms in total. The van der Waals surface area contributed by atoms with Crippen molar-refractivity contribution in [2.45, 2.75) is 33.6 Å². The van der Waals surface area contributed by atoms with E-state index in [4.69, 9.17) is 9.47 Å². The quantitative estimate of drug-likeness (QED) is 0.530. The van der Waals surface area contributed by atoms with Crippen LogP contribution >= 0.6 is 0 Å². The fourth-order valence-electron chi connectivity index (χ4n) is 1.50. The van der Waals surface area contributed by atoms with E-state index in [0.29, 0.717) is 12.5 Å². The lowest BCUT2D eigenvalue weighted by atomic mass is 10.1.